The number of benzene rings is 2. The van der Waals surface area contributed by atoms with Crippen molar-refractivity contribution in [2.45, 2.75) is 25.3 Å². The van der Waals surface area contributed by atoms with Crippen molar-refractivity contribution in [2.75, 3.05) is 5.88 Å². The molecule has 0 saturated heterocycles. The van der Waals surface area contributed by atoms with Crippen LogP contribution in [0, 0.1) is 0 Å². The summed E-state index contributed by atoms with van der Waals surface area (Å²) in [7, 11) is 0. The average molecular weight is 302 g/mol. The van der Waals surface area contributed by atoms with E-state index >= 15 is 0 Å². The highest BCUT2D eigenvalue weighted by Gasteiger charge is 2.15. The standard InChI is InChI=1S/C18H20ClNO/c19-14-8-7-13-17(21)20-18(15-9-3-1-4-10-15)16-11-5-2-6-12-16/h1-6,9-12,18H,7-8,13-14H2,(H,20,21). The summed E-state index contributed by atoms with van der Waals surface area (Å²) in [6.45, 7) is 0. The Kier molecular flexibility index (Phi) is 6.29. The normalized spacial score (nSPS) is 10.6. The monoisotopic (exact) mass is 301 g/mol. The van der Waals surface area contributed by atoms with Crippen LogP contribution in [-0.2, 0) is 4.79 Å². The summed E-state index contributed by atoms with van der Waals surface area (Å²) in [6, 6.07) is 20.0. The fourth-order valence-corrected chi connectivity index (χ4v) is 2.45. The van der Waals surface area contributed by atoms with Crippen LogP contribution < -0.4 is 5.32 Å². The molecule has 0 bridgehead atoms. The lowest BCUT2D eigenvalue weighted by molar-refractivity contribution is -0.121. The summed E-state index contributed by atoms with van der Waals surface area (Å²) in [5.41, 5.74) is 2.18. The van der Waals surface area contributed by atoms with Gasteiger partial charge < -0.3 is 5.32 Å². The first-order valence-electron chi connectivity index (χ1n) is 7.26. The molecular formula is C18H20ClNO. The molecule has 0 saturated carbocycles. The van der Waals surface area contributed by atoms with Crippen LogP contribution in [0.5, 0.6) is 0 Å². The number of halogens is 1. The van der Waals surface area contributed by atoms with Crippen molar-refractivity contribution in [3.05, 3.63) is 71.8 Å². The van der Waals surface area contributed by atoms with Crippen molar-refractivity contribution in [1.82, 2.24) is 5.32 Å². The average Bonchev–Trinajstić information content (AvgIpc) is 2.54. The molecule has 0 unspecified atom stereocenters. The zero-order valence-corrected chi connectivity index (χ0v) is 12.7. The van der Waals surface area contributed by atoms with E-state index in [1.165, 1.54) is 0 Å². The second-order valence-corrected chi connectivity index (χ2v) is 5.35. The van der Waals surface area contributed by atoms with Crippen LogP contribution in [0.15, 0.2) is 60.7 Å². The second kappa shape index (κ2) is 8.48. The number of nitrogens with one attached hydrogen (secondary N) is 1. The molecule has 0 aliphatic heterocycles. The van der Waals surface area contributed by atoms with Crippen molar-refractivity contribution in [3.63, 3.8) is 0 Å². The molecule has 3 heteroatoms. The molecule has 1 amide bonds. The topological polar surface area (TPSA) is 29.1 Å². The van der Waals surface area contributed by atoms with Crippen LogP contribution >= 0.6 is 11.6 Å². The van der Waals surface area contributed by atoms with E-state index in [0.29, 0.717) is 12.3 Å². The highest BCUT2D eigenvalue weighted by molar-refractivity contribution is 6.17. The summed E-state index contributed by atoms with van der Waals surface area (Å²) in [6.07, 6.45) is 2.21. The Labute approximate surface area is 131 Å². The zero-order valence-electron chi connectivity index (χ0n) is 12.0. The zero-order chi connectivity index (χ0) is 14.9. The predicted octanol–water partition coefficient (Wildman–Crippen LogP) is 4.30. The van der Waals surface area contributed by atoms with Crippen molar-refractivity contribution in [1.29, 1.82) is 0 Å². The molecule has 2 aromatic carbocycles. The lowest BCUT2D eigenvalue weighted by Crippen LogP contribution is -2.29. The Morgan fingerprint density at radius 1 is 0.905 bits per heavy atom. The van der Waals surface area contributed by atoms with Crippen LogP contribution in [0.2, 0.25) is 0 Å². The largest absolute Gasteiger partial charge is 0.345 e. The van der Waals surface area contributed by atoms with Crippen LogP contribution in [0.1, 0.15) is 36.4 Å². The predicted molar refractivity (Wildman–Crippen MR) is 87.4 cm³/mol. The molecule has 0 fully saturated rings. The van der Waals surface area contributed by atoms with Gasteiger partial charge in [-0.2, -0.15) is 0 Å². The van der Waals surface area contributed by atoms with Crippen LogP contribution in [0.25, 0.3) is 0 Å². The summed E-state index contributed by atoms with van der Waals surface area (Å²) in [5.74, 6) is 0.673. The molecule has 0 atom stereocenters. The van der Waals surface area contributed by atoms with Gasteiger partial charge in [0.25, 0.3) is 0 Å². The number of carbonyl (C=O) groups is 1. The number of carbonyl (C=O) groups excluding carboxylic acids is 1. The van der Waals surface area contributed by atoms with E-state index in [4.69, 9.17) is 11.6 Å². The van der Waals surface area contributed by atoms with E-state index < -0.39 is 0 Å². The number of amides is 1. The maximum atomic E-state index is 12.1. The Hall–Kier alpha value is -1.80. The maximum absolute atomic E-state index is 12.1. The number of alkyl halides is 1. The van der Waals surface area contributed by atoms with Gasteiger partial charge in [0.1, 0.15) is 0 Å². The van der Waals surface area contributed by atoms with Crippen molar-refractivity contribution in [2.24, 2.45) is 0 Å². The first-order valence-corrected chi connectivity index (χ1v) is 7.80. The summed E-state index contributed by atoms with van der Waals surface area (Å²) >= 11 is 5.65. The number of hydrogen-bond donors (Lipinski definition) is 1. The third-order valence-corrected chi connectivity index (χ3v) is 3.63. The van der Waals surface area contributed by atoms with E-state index in [0.717, 1.165) is 24.0 Å². The fraction of sp³-hybridized carbons (Fsp3) is 0.278. The molecule has 0 aliphatic carbocycles. The Morgan fingerprint density at radius 3 is 1.90 bits per heavy atom. The van der Waals surface area contributed by atoms with E-state index in [9.17, 15) is 4.79 Å². The lowest BCUT2D eigenvalue weighted by atomic mass is 9.98. The van der Waals surface area contributed by atoms with Gasteiger partial charge in [0.2, 0.25) is 5.91 Å². The molecule has 2 nitrogen and oxygen atoms in total. The maximum Gasteiger partial charge on any atom is 0.220 e. The van der Waals surface area contributed by atoms with Gasteiger partial charge in [-0.15, -0.1) is 11.6 Å². The molecular weight excluding hydrogens is 282 g/mol. The summed E-state index contributed by atoms with van der Waals surface area (Å²) < 4.78 is 0. The van der Waals surface area contributed by atoms with Gasteiger partial charge in [-0.05, 0) is 24.0 Å². The molecule has 0 aromatic heterocycles. The quantitative estimate of drug-likeness (QED) is 0.599. The second-order valence-electron chi connectivity index (χ2n) is 4.97. The molecule has 0 heterocycles. The number of unbranched alkanes of at least 4 members (excludes halogenated alkanes) is 1. The summed E-state index contributed by atoms with van der Waals surface area (Å²) in [5, 5.41) is 3.13. The smallest absolute Gasteiger partial charge is 0.220 e. The Bertz CT molecular complexity index is 502. The fourth-order valence-electron chi connectivity index (χ4n) is 2.26. The minimum Gasteiger partial charge on any atom is -0.345 e. The molecule has 110 valence electrons. The van der Waals surface area contributed by atoms with Gasteiger partial charge in [-0.25, -0.2) is 0 Å². The molecule has 1 N–H and O–H groups in total. The van der Waals surface area contributed by atoms with Crippen LogP contribution in [0.4, 0.5) is 0 Å². The summed E-state index contributed by atoms with van der Waals surface area (Å²) in [4.78, 5) is 12.1. The van der Waals surface area contributed by atoms with Crippen LogP contribution in [0.3, 0.4) is 0 Å². The van der Waals surface area contributed by atoms with Crippen molar-refractivity contribution < 1.29 is 4.79 Å². The van der Waals surface area contributed by atoms with Gasteiger partial charge in [0.15, 0.2) is 0 Å². The molecule has 0 radical (unpaired) electrons. The van der Waals surface area contributed by atoms with Gasteiger partial charge >= 0.3 is 0 Å². The first-order chi connectivity index (χ1) is 10.3. The van der Waals surface area contributed by atoms with E-state index in [1.54, 1.807) is 0 Å². The third kappa shape index (κ3) is 4.91. The molecule has 2 aromatic rings. The Balaban J connectivity index is 2.12. The minimum atomic E-state index is -0.101. The van der Waals surface area contributed by atoms with E-state index in [1.807, 2.05) is 60.7 Å². The minimum absolute atomic E-state index is 0.0674. The molecule has 21 heavy (non-hydrogen) atoms. The van der Waals surface area contributed by atoms with Gasteiger partial charge in [-0.1, -0.05) is 60.7 Å². The van der Waals surface area contributed by atoms with Gasteiger partial charge in [0.05, 0.1) is 6.04 Å². The SMILES string of the molecule is O=C(CCCCCl)NC(c1ccccc1)c1ccccc1. The van der Waals surface area contributed by atoms with Gasteiger partial charge in [0, 0.05) is 12.3 Å². The van der Waals surface area contributed by atoms with E-state index in [-0.39, 0.29) is 11.9 Å². The molecule has 0 spiro atoms. The van der Waals surface area contributed by atoms with Gasteiger partial charge in [-0.3, -0.25) is 4.79 Å². The third-order valence-electron chi connectivity index (χ3n) is 3.36. The number of rotatable bonds is 7. The molecule has 2 rings (SSSR count). The molecule has 0 aliphatic rings. The number of hydrogen-bond acceptors (Lipinski definition) is 1. The van der Waals surface area contributed by atoms with Crippen molar-refractivity contribution >= 4 is 17.5 Å². The van der Waals surface area contributed by atoms with E-state index in [2.05, 4.69) is 5.32 Å². The lowest BCUT2D eigenvalue weighted by Gasteiger charge is -2.20. The van der Waals surface area contributed by atoms with Crippen LogP contribution in [-0.4, -0.2) is 11.8 Å². The first kappa shape index (κ1) is 15.6. The highest BCUT2D eigenvalue weighted by atomic mass is 35.5. The Morgan fingerprint density at radius 2 is 1.43 bits per heavy atom. The highest BCUT2D eigenvalue weighted by Crippen LogP contribution is 2.21. The van der Waals surface area contributed by atoms with Crippen molar-refractivity contribution in [3.8, 4) is 0 Å².